The molecule has 0 atom stereocenters. The molecule has 6 aliphatic rings. The molecular formula is C85H62N3O3+3. The Hall–Kier alpha value is -10.7. The van der Waals surface area contributed by atoms with Crippen molar-refractivity contribution in [3.8, 4) is 51.0 Å². The molecule has 0 radical (unpaired) electrons. The topological polar surface area (TPSA) is 39.3 Å². The van der Waals surface area contributed by atoms with E-state index < -0.39 is 0 Å². The van der Waals surface area contributed by atoms with Crippen molar-refractivity contribution >= 4 is 108 Å². The first kappa shape index (κ1) is 51.2. The number of hydrogen-bond donors (Lipinski definition) is 0. The average molecular weight is 1170 g/mol. The maximum absolute atomic E-state index is 6.40. The predicted octanol–water partition coefficient (Wildman–Crippen LogP) is 19.4. The van der Waals surface area contributed by atoms with Gasteiger partial charge in [-0.3, -0.25) is 0 Å². The van der Waals surface area contributed by atoms with Crippen LogP contribution in [0.1, 0.15) is 74.9 Å². The third-order valence-electron chi connectivity index (χ3n) is 21.7. The number of benzene rings is 13. The van der Waals surface area contributed by atoms with E-state index in [1.54, 1.807) is 0 Å². The van der Waals surface area contributed by atoms with Gasteiger partial charge in [0, 0.05) is 55.2 Å². The molecule has 6 nitrogen and oxygen atoms in total. The fourth-order valence-electron chi connectivity index (χ4n) is 17.7. The monoisotopic (exact) mass is 1170 g/mol. The number of rotatable bonds is 0. The van der Waals surface area contributed by atoms with Crippen molar-refractivity contribution in [2.45, 2.75) is 78.0 Å². The van der Waals surface area contributed by atoms with Crippen molar-refractivity contribution in [1.29, 1.82) is 0 Å². The second-order valence-electron chi connectivity index (χ2n) is 27.6. The van der Waals surface area contributed by atoms with Gasteiger partial charge in [-0.2, -0.15) is 13.7 Å². The number of ether oxygens (including phenoxy) is 3. The first-order valence-electron chi connectivity index (χ1n) is 32.1. The van der Waals surface area contributed by atoms with E-state index in [9.17, 15) is 0 Å². The molecule has 0 spiro atoms. The number of hydrogen-bond acceptors (Lipinski definition) is 3. The van der Waals surface area contributed by atoms with Gasteiger partial charge in [0.25, 0.3) is 20.2 Å². The molecule has 91 heavy (non-hydrogen) atoms. The molecule has 3 aromatic heterocycles. The maximum Gasteiger partial charge on any atom is 0.292 e. The van der Waals surface area contributed by atoms with Gasteiger partial charge in [-0.1, -0.05) is 205 Å². The number of fused-ring (bicyclic) bond motifs is 19. The molecule has 3 aliphatic carbocycles. The van der Waals surface area contributed by atoms with Gasteiger partial charge >= 0.3 is 0 Å². The van der Waals surface area contributed by atoms with Gasteiger partial charge in [-0.15, -0.1) is 0 Å². The third kappa shape index (κ3) is 6.73. The van der Waals surface area contributed by atoms with Crippen LogP contribution >= 0.6 is 0 Å². The first-order valence-corrected chi connectivity index (χ1v) is 32.1. The Kier molecular flexibility index (Phi) is 10.0. The van der Waals surface area contributed by atoms with Crippen LogP contribution in [0.5, 0.6) is 17.2 Å². The van der Waals surface area contributed by atoms with Crippen LogP contribution in [0.2, 0.25) is 0 Å². The van der Waals surface area contributed by atoms with Gasteiger partial charge in [0.2, 0.25) is 17.1 Å². The zero-order valence-electron chi connectivity index (χ0n) is 51.6. The van der Waals surface area contributed by atoms with Crippen LogP contribution in [0.4, 0.5) is 0 Å². The Morgan fingerprint density at radius 1 is 0.286 bits per heavy atom. The van der Waals surface area contributed by atoms with Crippen LogP contribution in [0.3, 0.4) is 0 Å². The summed E-state index contributed by atoms with van der Waals surface area (Å²) in [5, 5.41) is 26.0. The molecule has 6 heteroatoms. The second-order valence-corrected chi connectivity index (χ2v) is 27.6. The van der Waals surface area contributed by atoms with Crippen molar-refractivity contribution in [1.82, 2.24) is 0 Å². The van der Waals surface area contributed by atoms with Crippen molar-refractivity contribution in [2.75, 3.05) is 0 Å². The summed E-state index contributed by atoms with van der Waals surface area (Å²) in [7, 11) is 0. The minimum absolute atomic E-state index is 0.00401. The second kappa shape index (κ2) is 17.8. The summed E-state index contributed by atoms with van der Waals surface area (Å²) < 4.78 is 26.0. The Morgan fingerprint density at radius 3 is 1.37 bits per heavy atom. The van der Waals surface area contributed by atoms with Gasteiger partial charge in [0.1, 0.15) is 17.2 Å². The molecule has 16 aromatic rings. The summed E-state index contributed by atoms with van der Waals surface area (Å²) in [6.07, 6.45) is 6.71. The first-order chi connectivity index (χ1) is 44.4. The SMILES string of the molecule is CC1(C)c2c3[n+](cc4c2ccc2ccccc24)COc2cc4ccc5ccccc5c4c1c2-3.CC1(C)c2c3c(cc4ccc5ccccc5c24)OC[n+]2cc4ccc5ccccc5c4c1c2-3.CC1(C)c2cc3cc4ccccc4cc3c3c2-c2c1ccc[n+]2CO3. The highest BCUT2D eigenvalue weighted by Gasteiger charge is 2.51. The quantitative estimate of drug-likeness (QED) is 0.0863. The lowest BCUT2D eigenvalue weighted by molar-refractivity contribution is -0.717. The van der Waals surface area contributed by atoms with Crippen LogP contribution in [-0.2, 0) is 36.4 Å². The standard InChI is InChI=1S/2C31H22NO.C23H18NO/c1-31(2)28-25-20(13-11-18-7-3-5-9-22(18)25)15-24-27(28)30-29(31)26-21(16-32(30)17-33-24)14-12-19-8-4-6-10-23(19)26;1-31(2)28-23-14-13-18-7-3-5-9-21(18)24(23)16-32-17-33-25-15-20-12-11-19-8-4-6-10-22(19)26(20)29(31)27(25)30(28)32;1-23(2)18-8-5-9-24-13-25-22-17-11-15-7-4-3-6-14(15)10-16(17)12-19(23)20(22)21(18)24/h2*3-16H,17H2,1-2H3;3-12H,13H2,1-2H3/q3*+1. The average Bonchev–Trinajstić information content (AvgIpc) is 1.54. The van der Waals surface area contributed by atoms with Crippen LogP contribution in [0, 0.1) is 0 Å². The normalized spacial score (nSPS) is 15.5. The lowest BCUT2D eigenvalue weighted by atomic mass is 9.77. The van der Waals surface area contributed by atoms with Gasteiger partial charge in [0.15, 0.2) is 18.6 Å². The van der Waals surface area contributed by atoms with Crippen molar-refractivity contribution in [3.05, 3.63) is 264 Å². The number of aromatic nitrogens is 3. The Labute approximate surface area is 526 Å². The van der Waals surface area contributed by atoms with Gasteiger partial charge in [-0.25, -0.2) is 0 Å². The van der Waals surface area contributed by atoms with E-state index in [2.05, 4.69) is 286 Å². The van der Waals surface area contributed by atoms with E-state index in [0.29, 0.717) is 20.2 Å². The molecule has 13 aromatic carbocycles. The minimum atomic E-state index is -0.165. The number of pyridine rings is 3. The van der Waals surface area contributed by atoms with E-state index in [1.165, 1.54) is 175 Å². The molecule has 3 aliphatic heterocycles. The molecule has 0 unspecified atom stereocenters. The zero-order valence-corrected chi connectivity index (χ0v) is 51.6. The highest BCUT2D eigenvalue weighted by Crippen LogP contribution is 2.61. The Balaban J connectivity index is 0.0000000961. The van der Waals surface area contributed by atoms with E-state index in [0.717, 1.165) is 17.2 Å². The highest BCUT2D eigenvalue weighted by molar-refractivity contribution is 6.19. The number of nitrogens with zero attached hydrogens (tertiary/aromatic N) is 3. The van der Waals surface area contributed by atoms with E-state index in [1.807, 2.05) is 0 Å². The van der Waals surface area contributed by atoms with Crippen LogP contribution < -0.4 is 27.9 Å². The molecule has 22 rings (SSSR count). The van der Waals surface area contributed by atoms with Gasteiger partial charge in [-0.05, 0) is 145 Å². The van der Waals surface area contributed by atoms with Crippen LogP contribution in [0.15, 0.2) is 231 Å². The molecule has 0 amide bonds. The summed E-state index contributed by atoms with van der Waals surface area (Å²) in [6, 6.07) is 77.5. The molecule has 0 N–H and O–H groups in total. The molecule has 432 valence electrons. The molecule has 0 fully saturated rings. The maximum atomic E-state index is 6.40. The third-order valence-corrected chi connectivity index (χ3v) is 21.7. The smallest absolute Gasteiger partial charge is 0.292 e. The Bertz CT molecular complexity index is 5940. The molecule has 6 heterocycles. The Morgan fingerprint density at radius 2 is 0.758 bits per heavy atom. The summed E-state index contributed by atoms with van der Waals surface area (Å²) in [5.74, 6) is 3.08. The fourth-order valence-corrected chi connectivity index (χ4v) is 17.7. The summed E-state index contributed by atoms with van der Waals surface area (Å²) >= 11 is 0. The van der Waals surface area contributed by atoms with E-state index in [4.69, 9.17) is 14.2 Å². The summed E-state index contributed by atoms with van der Waals surface area (Å²) in [6.45, 7) is 15.9. The largest absolute Gasteiger partial charge is 0.435 e. The minimum Gasteiger partial charge on any atom is -0.435 e. The molecule has 0 saturated heterocycles. The van der Waals surface area contributed by atoms with E-state index >= 15 is 0 Å². The molecular weight excluding hydrogens is 1110 g/mol. The van der Waals surface area contributed by atoms with Crippen molar-refractivity contribution in [2.24, 2.45) is 0 Å². The summed E-state index contributed by atoms with van der Waals surface area (Å²) in [5.41, 5.74) is 15.9. The lowest BCUT2D eigenvalue weighted by Crippen LogP contribution is -2.42. The van der Waals surface area contributed by atoms with Gasteiger partial charge in [0.05, 0.1) is 22.1 Å². The highest BCUT2D eigenvalue weighted by atomic mass is 16.5. The zero-order chi connectivity index (χ0) is 60.6. The van der Waals surface area contributed by atoms with E-state index in [-0.39, 0.29) is 16.2 Å². The van der Waals surface area contributed by atoms with Crippen LogP contribution in [-0.4, -0.2) is 0 Å². The van der Waals surface area contributed by atoms with Crippen LogP contribution in [0.25, 0.3) is 141 Å². The van der Waals surface area contributed by atoms with Crippen molar-refractivity contribution < 1.29 is 27.9 Å². The van der Waals surface area contributed by atoms with Gasteiger partial charge < -0.3 is 14.2 Å². The lowest BCUT2D eigenvalue weighted by Gasteiger charge is -2.24. The van der Waals surface area contributed by atoms with Crippen molar-refractivity contribution in [3.63, 3.8) is 0 Å². The summed E-state index contributed by atoms with van der Waals surface area (Å²) in [4.78, 5) is 0. The predicted molar refractivity (Wildman–Crippen MR) is 370 cm³/mol. The fraction of sp³-hybridized carbons (Fsp3) is 0.141. The molecule has 0 saturated carbocycles. The molecule has 0 bridgehead atoms.